The van der Waals surface area contributed by atoms with Crippen LogP contribution in [0, 0.1) is 5.82 Å². The Morgan fingerprint density at radius 1 is 1.50 bits per heavy atom. The largest absolute Gasteiger partial charge is 0.302 e. The standard InChI is InChI=1S/C14H20BrFN2/c1-17(10-12-4-3-7-18(12)2)9-11-5-6-14(16)13(15)8-11/h5-6,8,12H,3-4,7,9-10H2,1-2H3. The number of hydrogen-bond acceptors (Lipinski definition) is 2. The number of benzene rings is 1. The van der Waals surface area contributed by atoms with Crippen molar-refractivity contribution in [2.24, 2.45) is 0 Å². The Morgan fingerprint density at radius 2 is 2.28 bits per heavy atom. The summed E-state index contributed by atoms with van der Waals surface area (Å²) in [5, 5.41) is 0. The molecule has 100 valence electrons. The lowest BCUT2D eigenvalue weighted by molar-refractivity contribution is 0.215. The highest BCUT2D eigenvalue weighted by Crippen LogP contribution is 2.19. The second-order valence-corrected chi connectivity index (χ2v) is 6.08. The minimum atomic E-state index is -0.197. The molecule has 1 aliphatic rings. The van der Waals surface area contributed by atoms with E-state index in [4.69, 9.17) is 0 Å². The first-order valence-corrected chi connectivity index (χ1v) is 7.18. The molecule has 0 radical (unpaired) electrons. The lowest BCUT2D eigenvalue weighted by Crippen LogP contribution is -2.36. The van der Waals surface area contributed by atoms with E-state index < -0.39 is 0 Å². The lowest BCUT2D eigenvalue weighted by Gasteiger charge is -2.25. The molecule has 4 heteroatoms. The summed E-state index contributed by atoms with van der Waals surface area (Å²) in [6.45, 7) is 3.15. The van der Waals surface area contributed by atoms with Crippen LogP contribution in [0.4, 0.5) is 4.39 Å². The smallest absolute Gasteiger partial charge is 0.137 e. The minimum absolute atomic E-state index is 0.197. The zero-order valence-electron chi connectivity index (χ0n) is 11.0. The lowest BCUT2D eigenvalue weighted by atomic mass is 10.2. The van der Waals surface area contributed by atoms with E-state index in [0.717, 1.165) is 18.7 Å². The summed E-state index contributed by atoms with van der Waals surface area (Å²) >= 11 is 3.23. The highest BCUT2D eigenvalue weighted by Gasteiger charge is 2.21. The summed E-state index contributed by atoms with van der Waals surface area (Å²) in [6, 6.07) is 5.91. The highest BCUT2D eigenvalue weighted by atomic mass is 79.9. The Bertz CT molecular complexity index is 411. The van der Waals surface area contributed by atoms with Gasteiger partial charge in [0.2, 0.25) is 0 Å². The first kappa shape index (κ1) is 14.0. The van der Waals surface area contributed by atoms with Gasteiger partial charge in [-0.3, -0.25) is 0 Å². The molecule has 0 N–H and O–H groups in total. The van der Waals surface area contributed by atoms with E-state index in [1.54, 1.807) is 0 Å². The molecule has 1 atom stereocenters. The Morgan fingerprint density at radius 3 is 2.89 bits per heavy atom. The third-order valence-corrected chi connectivity index (χ3v) is 4.24. The van der Waals surface area contributed by atoms with E-state index in [0.29, 0.717) is 10.5 Å². The number of halogens is 2. The van der Waals surface area contributed by atoms with E-state index in [2.05, 4.69) is 39.8 Å². The molecule has 0 amide bonds. The summed E-state index contributed by atoms with van der Waals surface area (Å²) in [6.07, 6.45) is 2.59. The Balaban J connectivity index is 1.90. The molecule has 1 fully saturated rings. The minimum Gasteiger partial charge on any atom is -0.302 e. The van der Waals surface area contributed by atoms with Gasteiger partial charge in [-0.1, -0.05) is 6.07 Å². The number of rotatable bonds is 4. The average Bonchev–Trinajstić information content (AvgIpc) is 2.70. The van der Waals surface area contributed by atoms with Crippen LogP contribution in [0.5, 0.6) is 0 Å². The van der Waals surface area contributed by atoms with Gasteiger partial charge in [0.05, 0.1) is 4.47 Å². The van der Waals surface area contributed by atoms with Crippen LogP contribution in [0.3, 0.4) is 0 Å². The van der Waals surface area contributed by atoms with Gasteiger partial charge in [0.1, 0.15) is 5.82 Å². The van der Waals surface area contributed by atoms with Crippen LogP contribution >= 0.6 is 15.9 Å². The molecule has 2 rings (SSSR count). The third kappa shape index (κ3) is 3.53. The van der Waals surface area contributed by atoms with Crippen molar-refractivity contribution in [3.05, 3.63) is 34.1 Å². The third-order valence-electron chi connectivity index (χ3n) is 3.63. The maximum atomic E-state index is 13.1. The van der Waals surface area contributed by atoms with E-state index in [9.17, 15) is 4.39 Å². The second-order valence-electron chi connectivity index (χ2n) is 5.22. The van der Waals surface area contributed by atoms with Crippen molar-refractivity contribution >= 4 is 15.9 Å². The van der Waals surface area contributed by atoms with Gasteiger partial charge in [0, 0.05) is 19.1 Å². The molecular weight excluding hydrogens is 295 g/mol. The van der Waals surface area contributed by atoms with E-state index in [1.807, 2.05) is 12.1 Å². The number of nitrogens with zero attached hydrogens (tertiary/aromatic N) is 2. The zero-order chi connectivity index (χ0) is 13.1. The van der Waals surface area contributed by atoms with Crippen molar-refractivity contribution in [3.8, 4) is 0 Å². The second kappa shape index (κ2) is 6.13. The monoisotopic (exact) mass is 314 g/mol. The molecule has 0 aromatic heterocycles. The average molecular weight is 315 g/mol. The fourth-order valence-corrected chi connectivity index (χ4v) is 3.01. The molecule has 0 spiro atoms. The van der Waals surface area contributed by atoms with Gasteiger partial charge >= 0.3 is 0 Å². The summed E-state index contributed by atoms with van der Waals surface area (Å²) < 4.78 is 13.7. The molecule has 1 saturated heterocycles. The molecule has 0 bridgehead atoms. The van der Waals surface area contributed by atoms with Gasteiger partial charge < -0.3 is 9.80 Å². The van der Waals surface area contributed by atoms with E-state index in [-0.39, 0.29) is 5.82 Å². The molecule has 0 aliphatic carbocycles. The molecule has 1 aromatic carbocycles. The summed E-state index contributed by atoms with van der Waals surface area (Å²) in [5.41, 5.74) is 1.14. The maximum absolute atomic E-state index is 13.1. The number of likely N-dealkylation sites (N-methyl/N-ethyl adjacent to an activating group) is 2. The molecule has 1 heterocycles. The fourth-order valence-electron chi connectivity index (χ4n) is 2.58. The van der Waals surface area contributed by atoms with Crippen molar-refractivity contribution in [2.75, 3.05) is 27.2 Å². The van der Waals surface area contributed by atoms with Gasteiger partial charge in [-0.05, 0) is 67.1 Å². The summed E-state index contributed by atoms with van der Waals surface area (Å²) in [4.78, 5) is 4.74. The normalized spacial score (nSPS) is 20.8. The summed E-state index contributed by atoms with van der Waals surface area (Å²) in [5.74, 6) is -0.197. The van der Waals surface area contributed by atoms with Crippen LogP contribution in [0.15, 0.2) is 22.7 Å². The Hall–Kier alpha value is -0.450. The van der Waals surface area contributed by atoms with Crippen LogP contribution in [0.2, 0.25) is 0 Å². The van der Waals surface area contributed by atoms with Gasteiger partial charge in [0.25, 0.3) is 0 Å². The number of likely N-dealkylation sites (tertiary alicyclic amines) is 1. The molecule has 18 heavy (non-hydrogen) atoms. The van der Waals surface area contributed by atoms with Crippen LogP contribution in [0.1, 0.15) is 18.4 Å². The van der Waals surface area contributed by atoms with Crippen molar-refractivity contribution in [3.63, 3.8) is 0 Å². The fraction of sp³-hybridized carbons (Fsp3) is 0.571. The van der Waals surface area contributed by atoms with E-state index in [1.165, 1.54) is 25.5 Å². The van der Waals surface area contributed by atoms with Crippen LogP contribution in [-0.4, -0.2) is 43.0 Å². The predicted octanol–water partition coefficient (Wildman–Crippen LogP) is 3.11. The first-order valence-electron chi connectivity index (χ1n) is 6.39. The van der Waals surface area contributed by atoms with Gasteiger partial charge in [-0.15, -0.1) is 0 Å². The zero-order valence-corrected chi connectivity index (χ0v) is 12.6. The van der Waals surface area contributed by atoms with Crippen LogP contribution in [0.25, 0.3) is 0 Å². The predicted molar refractivity (Wildman–Crippen MR) is 76.1 cm³/mol. The molecule has 2 nitrogen and oxygen atoms in total. The molecule has 1 aromatic rings. The Labute approximate surface area is 117 Å². The van der Waals surface area contributed by atoms with Gasteiger partial charge in [0.15, 0.2) is 0 Å². The van der Waals surface area contributed by atoms with Crippen LogP contribution < -0.4 is 0 Å². The van der Waals surface area contributed by atoms with Gasteiger partial charge in [-0.25, -0.2) is 4.39 Å². The molecule has 1 aliphatic heterocycles. The molecule has 0 saturated carbocycles. The maximum Gasteiger partial charge on any atom is 0.137 e. The Kier molecular flexibility index (Phi) is 4.76. The molecular formula is C14H20BrFN2. The summed E-state index contributed by atoms with van der Waals surface area (Å²) in [7, 11) is 4.32. The highest BCUT2D eigenvalue weighted by molar-refractivity contribution is 9.10. The van der Waals surface area contributed by atoms with Crippen molar-refractivity contribution < 1.29 is 4.39 Å². The topological polar surface area (TPSA) is 6.48 Å². The number of hydrogen-bond donors (Lipinski definition) is 0. The first-order chi connectivity index (χ1) is 8.56. The quantitative estimate of drug-likeness (QED) is 0.842. The van der Waals surface area contributed by atoms with E-state index >= 15 is 0 Å². The van der Waals surface area contributed by atoms with Crippen LogP contribution in [-0.2, 0) is 6.54 Å². The van der Waals surface area contributed by atoms with Gasteiger partial charge in [-0.2, -0.15) is 0 Å². The van der Waals surface area contributed by atoms with Crippen molar-refractivity contribution in [1.82, 2.24) is 9.80 Å². The van der Waals surface area contributed by atoms with Crippen molar-refractivity contribution in [2.45, 2.75) is 25.4 Å². The van der Waals surface area contributed by atoms with Crippen molar-refractivity contribution in [1.29, 1.82) is 0 Å². The SMILES string of the molecule is CN(Cc1ccc(F)c(Br)c1)CC1CCCN1C. The molecule has 1 unspecified atom stereocenters.